The second-order valence-corrected chi connectivity index (χ2v) is 6.24. The molecule has 0 radical (unpaired) electrons. The fraction of sp³-hybridized carbons (Fsp3) is 0.529. The van der Waals surface area contributed by atoms with Gasteiger partial charge in [0.15, 0.2) is 0 Å². The fourth-order valence-electron chi connectivity index (χ4n) is 3.18. The molecule has 2 atom stereocenters. The maximum atomic E-state index is 12.5. The van der Waals surface area contributed by atoms with Gasteiger partial charge in [0.1, 0.15) is 0 Å². The van der Waals surface area contributed by atoms with Crippen LogP contribution in [0.1, 0.15) is 29.6 Å². The summed E-state index contributed by atoms with van der Waals surface area (Å²) in [6, 6.07) is 7.25. The summed E-state index contributed by atoms with van der Waals surface area (Å²) in [7, 11) is 0. The van der Waals surface area contributed by atoms with Gasteiger partial charge in [-0.05, 0) is 37.5 Å². The Morgan fingerprint density at radius 2 is 1.96 bits per heavy atom. The van der Waals surface area contributed by atoms with Crippen molar-refractivity contribution in [1.29, 1.82) is 0 Å². The zero-order chi connectivity index (χ0) is 16.2. The number of nitrogens with zero attached hydrogens (tertiary/aromatic N) is 1. The molecule has 2 amide bonds. The number of anilines is 1. The molecule has 1 aliphatic carbocycles. The van der Waals surface area contributed by atoms with E-state index in [4.69, 9.17) is 10.5 Å². The van der Waals surface area contributed by atoms with Gasteiger partial charge in [0.2, 0.25) is 5.91 Å². The van der Waals surface area contributed by atoms with Gasteiger partial charge in [-0.1, -0.05) is 6.07 Å². The number of carbonyl (C=O) groups is 2. The summed E-state index contributed by atoms with van der Waals surface area (Å²) in [5, 5.41) is 2.91. The van der Waals surface area contributed by atoms with Crippen LogP contribution in [-0.4, -0.2) is 49.1 Å². The average Bonchev–Trinajstić information content (AvgIpc) is 3.02. The first-order valence-corrected chi connectivity index (χ1v) is 8.17. The molecule has 24 heavy (non-hydrogen) atoms. The molecule has 3 N–H and O–H groups in total. The number of ether oxygens (including phenoxy) is 1. The molecule has 1 aromatic carbocycles. The molecule has 132 valence electrons. The monoisotopic (exact) mass is 353 g/mol. The summed E-state index contributed by atoms with van der Waals surface area (Å²) < 4.78 is 5.27. The highest BCUT2D eigenvalue weighted by Gasteiger charge is 2.28. The molecule has 7 heteroatoms. The fourth-order valence-corrected chi connectivity index (χ4v) is 3.18. The van der Waals surface area contributed by atoms with Crippen molar-refractivity contribution in [2.45, 2.75) is 25.3 Å². The third-order valence-corrected chi connectivity index (χ3v) is 4.52. The van der Waals surface area contributed by atoms with Gasteiger partial charge in [-0.15, -0.1) is 12.4 Å². The molecule has 2 fully saturated rings. The molecule has 1 saturated heterocycles. The van der Waals surface area contributed by atoms with Crippen LogP contribution >= 0.6 is 12.4 Å². The quantitative estimate of drug-likeness (QED) is 0.865. The Kier molecular flexibility index (Phi) is 6.60. The van der Waals surface area contributed by atoms with E-state index in [0.717, 1.165) is 19.3 Å². The molecular formula is C17H24ClN3O3. The van der Waals surface area contributed by atoms with Gasteiger partial charge in [-0.2, -0.15) is 0 Å². The highest BCUT2D eigenvalue weighted by Crippen LogP contribution is 2.25. The van der Waals surface area contributed by atoms with Crippen molar-refractivity contribution in [3.05, 3.63) is 29.8 Å². The molecule has 0 bridgehead atoms. The minimum absolute atomic E-state index is 0. The van der Waals surface area contributed by atoms with Crippen LogP contribution in [0.5, 0.6) is 0 Å². The maximum Gasteiger partial charge on any atom is 0.254 e. The molecule has 2 aliphatic rings. The lowest BCUT2D eigenvalue weighted by Gasteiger charge is -2.27. The number of nitrogens with one attached hydrogen (secondary N) is 1. The van der Waals surface area contributed by atoms with Gasteiger partial charge in [0.25, 0.3) is 5.91 Å². The van der Waals surface area contributed by atoms with Crippen LogP contribution in [0.2, 0.25) is 0 Å². The maximum absolute atomic E-state index is 12.5. The predicted molar refractivity (Wildman–Crippen MR) is 94.4 cm³/mol. The van der Waals surface area contributed by atoms with Crippen molar-refractivity contribution < 1.29 is 14.3 Å². The number of amides is 2. The van der Waals surface area contributed by atoms with E-state index in [1.807, 2.05) is 6.07 Å². The number of hydrogen-bond donors (Lipinski definition) is 2. The summed E-state index contributed by atoms with van der Waals surface area (Å²) in [6.45, 7) is 2.36. The Morgan fingerprint density at radius 3 is 2.62 bits per heavy atom. The van der Waals surface area contributed by atoms with E-state index in [1.165, 1.54) is 0 Å². The third-order valence-electron chi connectivity index (χ3n) is 4.52. The van der Waals surface area contributed by atoms with Crippen LogP contribution in [0, 0.1) is 5.92 Å². The van der Waals surface area contributed by atoms with E-state index in [2.05, 4.69) is 5.32 Å². The number of benzene rings is 1. The first-order chi connectivity index (χ1) is 11.1. The summed E-state index contributed by atoms with van der Waals surface area (Å²) in [5.74, 6) is -0.0511. The van der Waals surface area contributed by atoms with Crippen LogP contribution in [0.3, 0.4) is 0 Å². The lowest BCUT2D eigenvalue weighted by atomic mass is 10.1. The number of halogens is 1. The Morgan fingerprint density at radius 1 is 1.21 bits per heavy atom. The highest BCUT2D eigenvalue weighted by molar-refractivity contribution is 5.97. The van der Waals surface area contributed by atoms with Gasteiger partial charge in [-0.3, -0.25) is 9.59 Å². The molecular weight excluding hydrogens is 330 g/mol. The van der Waals surface area contributed by atoms with Gasteiger partial charge < -0.3 is 20.7 Å². The van der Waals surface area contributed by atoms with Gasteiger partial charge in [0, 0.05) is 36.3 Å². The minimum atomic E-state index is -0.0244. The third kappa shape index (κ3) is 4.47. The lowest BCUT2D eigenvalue weighted by molar-refractivity contribution is -0.119. The molecule has 2 unspecified atom stereocenters. The number of hydrogen-bond acceptors (Lipinski definition) is 4. The Balaban J connectivity index is 0.00000208. The molecule has 3 rings (SSSR count). The van der Waals surface area contributed by atoms with E-state index < -0.39 is 0 Å². The van der Waals surface area contributed by atoms with Crippen LogP contribution in [0.25, 0.3) is 0 Å². The van der Waals surface area contributed by atoms with Crippen molar-refractivity contribution in [2.75, 3.05) is 31.6 Å². The number of morpholine rings is 1. The van der Waals surface area contributed by atoms with Crippen molar-refractivity contribution in [2.24, 2.45) is 11.7 Å². The normalized spacial score (nSPS) is 23.5. The van der Waals surface area contributed by atoms with Crippen LogP contribution in [-0.2, 0) is 9.53 Å². The van der Waals surface area contributed by atoms with E-state index >= 15 is 0 Å². The van der Waals surface area contributed by atoms with Crippen molar-refractivity contribution in [1.82, 2.24) is 4.90 Å². The number of rotatable bonds is 3. The zero-order valence-corrected chi connectivity index (χ0v) is 14.4. The molecule has 6 nitrogen and oxygen atoms in total. The molecule has 1 saturated carbocycles. The standard InChI is InChI=1S/C17H23N3O3.ClH/c18-14-5-4-12(10-14)16(21)19-15-3-1-2-13(11-15)17(22)20-6-8-23-9-7-20;/h1-3,11-12,14H,4-10,18H2,(H,19,21);1H. The molecule has 1 heterocycles. The van der Waals surface area contributed by atoms with Crippen molar-refractivity contribution >= 4 is 29.9 Å². The Hall–Kier alpha value is -1.63. The molecule has 1 aromatic rings. The van der Waals surface area contributed by atoms with Gasteiger partial charge in [-0.25, -0.2) is 0 Å². The summed E-state index contributed by atoms with van der Waals surface area (Å²) >= 11 is 0. The van der Waals surface area contributed by atoms with E-state index in [0.29, 0.717) is 37.6 Å². The second kappa shape index (κ2) is 8.46. The summed E-state index contributed by atoms with van der Waals surface area (Å²) in [6.07, 6.45) is 2.46. The van der Waals surface area contributed by atoms with E-state index in [1.54, 1.807) is 23.1 Å². The highest BCUT2D eigenvalue weighted by atomic mass is 35.5. The predicted octanol–water partition coefficient (Wildman–Crippen LogP) is 1.65. The largest absolute Gasteiger partial charge is 0.378 e. The summed E-state index contributed by atoms with van der Waals surface area (Å²) in [5.41, 5.74) is 7.11. The topological polar surface area (TPSA) is 84.7 Å². The average molecular weight is 354 g/mol. The van der Waals surface area contributed by atoms with Crippen LogP contribution < -0.4 is 11.1 Å². The second-order valence-electron chi connectivity index (χ2n) is 6.24. The van der Waals surface area contributed by atoms with Crippen LogP contribution in [0.15, 0.2) is 24.3 Å². The molecule has 1 aliphatic heterocycles. The summed E-state index contributed by atoms with van der Waals surface area (Å²) in [4.78, 5) is 26.5. The number of nitrogens with two attached hydrogens (primary N) is 1. The van der Waals surface area contributed by atoms with Gasteiger partial charge >= 0.3 is 0 Å². The lowest BCUT2D eigenvalue weighted by Crippen LogP contribution is -2.40. The Labute approximate surface area is 148 Å². The van der Waals surface area contributed by atoms with Crippen molar-refractivity contribution in [3.63, 3.8) is 0 Å². The van der Waals surface area contributed by atoms with Crippen molar-refractivity contribution in [3.8, 4) is 0 Å². The Bertz CT molecular complexity index is 590. The minimum Gasteiger partial charge on any atom is -0.378 e. The number of carbonyl (C=O) groups excluding carboxylic acids is 2. The molecule has 0 spiro atoms. The van der Waals surface area contributed by atoms with E-state index in [-0.39, 0.29) is 36.2 Å². The first-order valence-electron chi connectivity index (χ1n) is 8.17. The first kappa shape index (κ1) is 18.7. The van der Waals surface area contributed by atoms with E-state index in [9.17, 15) is 9.59 Å². The van der Waals surface area contributed by atoms with Gasteiger partial charge in [0.05, 0.1) is 13.2 Å². The smallest absolute Gasteiger partial charge is 0.254 e. The SMILES string of the molecule is Cl.NC1CCC(C(=O)Nc2cccc(C(=O)N3CCOCC3)c2)C1. The zero-order valence-electron chi connectivity index (χ0n) is 13.6. The molecule has 0 aromatic heterocycles. The van der Waals surface area contributed by atoms with Crippen LogP contribution in [0.4, 0.5) is 5.69 Å².